The normalized spacial score (nSPS) is 13.2. The largest absolute Gasteiger partial charge is 0.349 e. The third-order valence-electron chi connectivity index (χ3n) is 4.84. The van der Waals surface area contributed by atoms with Gasteiger partial charge in [0, 0.05) is 41.1 Å². The first-order valence-corrected chi connectivity index (χ1v) is 10.0. The molecule has 138 valence electrons. The lowest BCUT2D eigenvalue weighted by atomic mass is 10.1. The van der Waals surface area contributed by atoms with Gasteiger partial charge in [-0.05, 0) is 49.9 Å². The fourth-order valence-corrected chi connectivity index (χ4v) is 4.06. The maximum Gasteiger partial charge on any atom is 0.268 e. The average molecular weight is 379 g/mol. The number of nitrogens with one attached hydrogen (secondary N) is 2. The molecule has 0 spiro atoms. The van der Waals surface area contributed by atoms with Crippen LogP contribution in [0.3, 0.4) is 0 Å². The van der Waals surface area contributed by atoms with Crippen molar-refractivity contribution in [2.75, 3.05) is 18.1 Å². The number of amides is 1. The molecular weight excluding hydrogens is 358 g/mol. The van der Waals surface area contributed by atoms with Crippen molar-refractivity contribution in [3.63, 3.8) is 0 Å². The first-order valence-electron chi connectivity index (χ1n) is 8.81. The van der Waals surface area contributed by atoms with E-state index in [9.17, 15) is 4.79 Å². The van der Waals surface area contributed by atoms with Gasteiger partial charge in [0.15, 0.2) is 0 Å². The summed E-state index contributed by atoms with van der Waals surface area (Å²) in [5.74, 6) is 0.521. The molecule has 0 radical (unpaired) electrons. The second-order valence-corrected chi connectivity index (χ2v) is 7.34. The molecule has 7 heteroatoms. The van der Waals surface area contributed by atoms with Crippen molar-refractivity contribution in [3.8, 4) is 11.3 Å². The van der Waals surface area contributed by atoms with Gasteiger partial charge in [-0.3, -0.25) is 4.79 Å². The van der Waals surface area contributed by atoms with Crippen molar-refractivity contribution >= 4 is 29.3 Å². The predicted octanol–water partition coefficient (Wildman–Crippen LogP) is 3.77. The highest BCUT2D eigenvalue weighted by atomic mass is 32.2. The van der Waals surface area contributed by atoms with Gasteiger partial charge in [-0.25, -0.2) is 9.97 Å². The van der Waals surface area contributed by atoms with Gasteiger partial charge in [-0.15, -0.1) is 11.8 Å². The van der Waals surface area contributed by atoms with Crippen LogP contribution in [0.15, 0.2) is 41.4 Å². The van der Waals surface area contributed by atoms with Crippen LogP contribution in [0, 0.1) is 13.8 Å². The van der Waals surface area contributed by atoms with E-state index >= 15 is 0 Å². The molecule has 1 aliphatic heterocycles. The monoisotopic (exact) mass is 379 g/mol. The molecule has 1 amide bonds. The maximum atomic E-state index is 12.3. The number of carbonyl (C=O) groups is 1. The third-order valence-corrected chi connectivity index (χ3v) is 5.57. The van der Waals surface area contributed by atoms with Crippen LogP contribution in [0.25, 0.3) is 11.3 Å². The molecule has 4 rings (SSSR count). The van der Waals surface area contributed by atoms with Gasteiger partial charge in [0.2, 0.25) is 5.95 Å². The van der Waals surface area contributed by atoms with Gasteiger partial charge in [0.05, 0.1) is 5.69 Å². The number of aromatic nitrogens is 3. The molecule has 0 aliphatic carbocycles. The van der Waals surface area contributed by atoms with Gasteiger partial charge in [0.25, 0.3) is 5.91 Å². The highest BCUT2D eigenvalue weighted by Gasteiger charge is 2.26. The van der Waals surface area contributed by atoms with Crippen molar-refractivity contribution in [2.24, 2.45) is 0 Å². The molecule has 0 saturated heterocycles. The van der Waals surface area contributed by atoms with E-state index in [0.29, 0.717) is 12.5 Å². The Hall–Kier alpha value is -2.80. The fraction of sp³-hybridized carbons (Fsp3) is 0.250. The maximum absolute atomic E-state index is 12.3. The summed E-state index contributed by atoms with van der Waals surface area (Å²) in [6.45, 7) is 5.46. The molecule has 2 N–H and O–H groups in total. The summed E-state index contributed by atoms with van der Waals surface area (Å²) in [7, 11) is 0. The van der Waals surface area contributed by atoms with E-state index in [1.165, 1.54) is 4.90 Å². The highest BCUT2D eigenvalue weighted by molar-refractivity contribution is 7.98. The van der Waals surface area contributed by atoms with Crippen molar-refractivity contribution in [1.29, 1.82) is 0 Å². The fourth-order valence-electron chi connectivity index (χ4n) is 3.60. The van der Waals surface area contributed by atoms with E-state index in [4.69, 9.17) is 4.98 Å². The molecular formula is C20H21N5OS. The lowest BCUT2D eigenvalue weighted by Gasteiger charge is -2.17. The van der Waals surface area contributed by atoms with Crippen LogP contribution in [0.5, 0.6) is 0 Å². The van der Waals surface area contributed by atoms with Crippen LogP contribution < -0.4 is 10.6 Å². The van der Waals surface area contributed by atoms with Gasteiger partial charge >= 0.3 is 0 Å². The quantitative estimate of drug-likeness (QED) is 0.675. The zero-order valence-electron chi connectivity index (χ0n) is 15.5. The zero-order valence-corrected chi connectivity index (χ0v) is 16.4. The number of hydrogen-bond acceptors (Lipinski definition) is 5. The van der Waals surface area contributed by atoms with Crippen molar-refractivity contribution in [2.45, 2.75) is 25.3 Å². The summed E-state index contributed by atoms with van der Waals surface area (Å²) in [5.41, 5.74) is 5.52. The molecule has 6 nitrogen and oxygen atoms in total. The van der Waals surface area contributed by atoms with E-state index in [2.05, 4.69) is 32.3 Å². The molecule has 0 fully saturated rings. The minimum absolute atomic E-state index is 0.0191. The van der Waals surface area contributed by atoms with E-state index < -0.39 is 0 Å². The van der Waals surface area contributed by atoms with Crippen molar-refractivity contribution in [3.05, 3.63) is 53.5 Å². The van der Waals surface area contributed by atoms with Crippen LogP contribution >= 0.6 is 11.8 Å². The van der Waals surface area contributed by atoms with E-state index in [0.717, 1.165) is 40.4 Å². The summed E-state index contributed by atoms with van der Waals surface area (Å²) in [4.78, 5) is 22.5. The lowest BCUT2D eigenvalue weighted by Crippen LogP contribution is -2.35. The molecule has 0 unspecified atom stereocenters. The Labute approximate surface area is 162 Å². The highest BCUT2D eigenvalue weighted by Crippen LogP contribution is 2.32. The summed E-state index contributed by atoms with van der Waals surface area (Å²) >= 11 is 1.69. The predicted molar refractivity (Wildman–Crippen MR) is 109 cm³/mol. The first kappa shape index (κ1) is 17.6. The standard InChI is InChI=1S/C20H21N5OS/c1-12-17(13(2)25-10-9-21-19(26)18(12)25)16-7-8-22-20(24-16)23-14-5-4-6-15(11-14)27-3/h4-8,11H,9-10H2,1-3H3,(H,21,26)(H,22,23,24). The van der Waals surface area contributed by atoms with E-state index in [1.54, 1.807) is 18.0 Å². The minimum Gasteiger partial charge on any atom is -0.349 e. The minimum atomic E-state index is -0.0191. The summed E-state index contributed by atoms with van der Waals surface area (Å²) in [5, 5.41) is 6.20. The smallest absolute Gasteiger partial charge is 0.268 e. The Balaban J connectivity index is 1.72. The summed E-state index contributed by atoms with van der Waals surface area (Å²) in [6.07, 6.45) is 3.80. The number of benzene rings is 1. The van der Waals surface area contributed by atoms with E-state index in [1.807, 2.05) is 38.3 Å². The Kier molecular flexibility index (Phi) is 4.61. The Morgan fingerprint density at radius 3 is 2.89 bits per heavy atom. The average Bonchev–Trinajstić information content (AvgIpc) is 2.94. The topological polar surface area (TPSA) is 71.8 Å². The molecule has 3 aromatic rings. The van der Waals surface area contributed by atoms with Gasteiger partial charge in [-0.2, -0.15) is 0 Å². The van der Waals surface area contributed by atoms with Crippen LogP contribution in [-0.4, -0.2) is 33.2 Å². The summed E-state index contributed by atoms with van der Waals surface area (Å²) < 4.78 is 2.08. The molecule has 3 heterocycles. The van der Waals surface area contributed by atoms with Crippen LogP contribution in [-0.2, 0) is 6.54 Å². The molecule has 1 aromatic carbocycles. The molecule has 27 heavy (non-hydrogen) atoms. The van der Waals surface area contributed by atoms with Gasteiger partial charge in [0.1, 0.15) is 5.69 Å². The molecule has 0 bridgehead atoms. The first-order chi connectivity index (χ1) is 13.1. The SMILES string of the molecule is CSc1cccc(Nc2nccc(-c3c(C)c4n(c3C)CCNC4=O)n2)c1. The number of fused-ring (bicyclic) bond motifs is 1. The number of hydrogen-bond donors (Lipinski definition) is 2. The number of rotatable bonds is 4. The molecule has 2 aromatic heterocycles. The van der Waals surface area contributed by atoms with E-state index in [-0.39, 0.29) is 5.91 Å². The van der Waals surface area contributed by atoms with Crippen LogP contribution in [0.2, 0.25) is 0 Å². The second kappa shape index (κ2) is 7.08. The van der Waals surface area contributed by atoms with Gasteiger partial charge < -0.3 is 15.2 Å². The number of nitrogens with zero attached hydrogens (tertiary/aromatic N) is 3. The van der Waals surface area contributed by atoms with Crippen LogP contribution in [0.1, 0.15) is 21.7 Å². The Morgan fingerprint density at radius 1 is 1.26 bits per heavy atom. The Bertz CT molecular complexity index is 1030. The number of thioether (sulfide) groups is 1. The molecule has 0 atom stereocenters. The molecule has 0 saturated carbocycles. The molecule has 1 aliphatic rings. The van der Waals surface area contributed by atoms with Crippen molar-refractivity contribution in [1.82, 2.24) is 19.9 Å². The zero-order chi connectivity index (χ0) is 19.0. The lowest BCUT2D eigenvalue weighted by molar-refractivity contribution is 0.0926. The summed E-state index contributed by atoms with van der Waals surface area (Å²) in [6, 6.07) is 10.0. The number of anilines is 2. The van der Waals surface area contributed by atoms with Crippen LogP contribution in [0.4, 0.5) is 11.6 Å². The Morgan fingerprint density at radius 2 is 2.11 bits per heavy atom. The second-order valence-electron chi connectivity index (χ2n) is 6.46. The third kappa shape index (κ3) is 3.19. The van der Waals surface area contributed by atoms with Gasteiger partial charge in [-0.1, -0.05) is 6.07 Å². The number of carbonyl (C=O) groups excluding carboxylic acids is 1. The van der Waals surface area contributed by atoms with Crippen molar-refractivity contribution < 1.29 is 4.79 Å².